The zero-order valence-electron chi connectivity index (χ0n) is 23.5. The molecular weight excluding hydrogens is 510 g/mol. The average Bonchev–Trinajstić information content (AvgIpc) is 3.65. The molecule has 8 heteroatoms. The van der Waals surface area contributed by atoms with Gasteiger partial charge in [-0.2, -0.15) is 5.26 Å². The van der Waals surface area contributed by atoms with Crippen LogP contribution >= 0.6 is 0 Å². The lowest BCUT2D eigenvalue weighted by Crippen LogP contribution is -2.36. The third kappa shape index (κ3) is 4.81. The van der Waals surface area contributed by atoms with E-state index in [0.29, 0.717) is 35.7 Å². The second kappa shape index (κ2) is 10.2. The number of nitrogens with one attached hydrogen (secondary N) is 1. The minimum Gasteiger partial charge on any atom is -0.317 e. The highest BCUT2D eigenvalue weighted by atomic mass is 16.2. The Kier molecular flexibility index (Phi) is 6.40. The van der Waals surface area contributed by atoms with Crippen molar-refractivity contribution < 1.29 is 4.79 Å². The van der Waals surface area contributed by atoms with Gasteiger partial charge in [-0.1, -0.05) is 24.6 Å². The van der Waals surface area contributed by atoms with Crippen LogP contribution in [0.5, 0.6) is 0 Å². The lowest BCUT2D eigenvalue weighted by Gasteiger charge is -2.32. The van der Waals surface area contributed by atoms with Gasteiger partial charge in [0.1, 0.15) is 12.1 Å². The molecule has 8 nitrogen and oxygen atoms in total. The first-order valence-electron chi connectivity index (χ1n) is 14.6. The molecule has 1 N–H and O–H groups in total. The molecule has 2 saturated carbocycles. The van der Waals surface area contributed by atoms with Crippen molar-refractivity contribution in [2.24, 2.45) is 13.0 Å². The molecule has 3 heterocycles. The van der Waals surface area contributed by atoms with Gasteiger partial charge in [0, 0.05) is 42.4 Å². The normalized spacial score (nSPS) is 17.3. The molecule has 1 atom stereocenters. The van der Waals surface area contributed by atoms with Gasteiger partial charge in [-0.15, -0.1) is 10.2 Å². The van der Waals surface area contributed by atoms with Crippen molar-refractivity contribution in [2.45, 2.75) is 64.1 Å². The monoisotopic (exact) mass is 543 g/mol. The number of aryl methyl sites for hydroxylation is 1. The van der Waals surface area contributed by atoms with Crippen LogP contribution in [0.4, 0.5) is 5.82 Å². The van der Waals surface area contributed by atoms with Crippen molar-refractivity contribution in [3.63, 3.8) is 0 Å². The predicted octanol–water partition coefficient (Wildman–Crippen LogP) is 5.73. The summed E-state index contributed by atoms with van der Waals surface area (Å²) in [7, 11) is 1.89. The molecule has 7 rings (SSSR count). The van der Waals surface area contributed by atoms with E-state index in [2.05, 4.69) is 52.8 Å². The number of aromatic nitrogens is 4. The summed E-state index contributed by atoms with van der Waals surface area (Å²) in [4.78, 5) is 20.6. The van der Waals surface area contributed by atoms with Crippen LogP contribution in [0.25, 0.3) is 22.5 Å². The number of benzene rings is 2. The molecular formula is C33H33N7O. The Morgan fingerprint density at radius 3 is 2.61 bits per heavy atom. The molecule has 3 aliphatic rings. The molecule has 0 spiro atoms. The fourth-order valence-electron chi connectivity index (χ4n) is 6.02. The molecule has 41 heavy (non-hydrogen) atoms. The van der Waals surface area contributed by atoms with Crippen LogP contribution < -0.4 is 10.2 Å². The largest absolute Gasteiger partial charge is 0.317 e. The first-order chi connectivity index (χ1) is 20.0. The first kappa shape index (κ1) is 25.6. The number of hydrogen-bond acceptors (Lipinski definition) is 6. The Bertz CT molecular complexity index is 1690. The van der Waals surface area contributed by atoms with E-state index in [1.165, 1.54) is 19.3 Å². The standard InChI is InChI=1S/C33H33N7O/c1-20(23-4-3-5-23)35-17-22-6-8-25-18-40(33(41)28(25)13-22)31-15-26(14-30(37-31)24-9-10-24)27-11-7-21(16-34)12-29(27)32-38-36-19-39(32)2/h6-8,11-15,19-20,23-24,35H,3-5,9-10,17-18H2,1-2H3. The number of nitrogens with zero attached hydrogens (tertiary/aromatic N) is 6. The number of carbonyl (C=O) groups excluding carboxylic acids is 1. The minimum atomic E-state index is -0.00589. The summed E-state index contributed by atoms with van der Waals surface area (Å²) in [6.07, 6.45) is 7.81. The summed E-state index contributed by atoms with van der Waals surface area (Å²) >= 11 is 0. The van der Waals surface area contributed by atoms with Crippen LogP contribution in [0.3, 0.4) is 0 Å². The number of rotatable bonds is 8. The third-order valence-corrected chi connectivity index (χ3v) is 8.98. The van der Waals surface area contributed by atoms with Crippen molar-refractivity contribution in [1.29, 1.82) is 5.26 Å². The summed E-state index contributed by atoms with van der Waals surface area (Å²) in [6, 6.07) is 18.8. The van der Waals surface area contributed by atoms with Crippen LogP contribution in [0.15, 0.2) is 54.9 Å². The van der Waals surface area contributed by atoms with Gasteiger partial charge in [0.05, 0.1) is 18.2 Å². The van der Waals surface area contributed by atoms with Crippen LogP contribution in [-0.2, 0) is 20.1 Å². The van der Waals surface area contributed by atoms with E-state index in [0.717, 1.165) is 64.4 Å². The van der Waals surface area contributed by atoms with Crippen LogP contribution in [0.1, 0.15) is 77.7 Å². The second-order valence-electron chi connectivity index (χ2n) is 11.8. The van der Waals surface area contributed by atoms with E-state index in [9.17, 15) is 10.1 Å². The lowest BCUT2D eigenvalue weighted by atomic mass is 9.80. The maximum absolute atomic E-state index is 13.8. The number of nitriles is 1. The van der Waals surface area contributed by atoms with Crippen LogP contribution in [-0.4, -0.2) is 31.7 Å². The van der Waals surface area contributed by atoms with E-state index in [1.807, 2.05) is 35.9 Å². The molecule has 1 unspecified atom stereocenters. The van der Waals surface area contributed by atoms with Crippen molar-refractivity contribution in [3.8, 4) is 28.6 Å². The molecule has 2 aromatic heterocycles. The topological polar surface area (TPSA) is 99.7 Å². The molecule has 0 saturated heterocycles. The smallest absolute Gasteiger partial charge is 0.260 e. The summed E-state index contributed by atoms with van der Waals surface area (Å²) in [5.74, 6) is 2.51. The maximum Gasteiger partial charge on any atom is 0.260 e. The van der Waals surface area contributed by atoms with Gasteiger partial charge in [0.15, 0.2) is 5.82 Å². The van der Waals surface area contributed by atoms with Crippen LogP contribution in [0, 0.1) is 17.2 Å². The molecule has 1 aliphatic heterocycles. The number of amides is 1. The highest BCUT2D eigenvalue weighted by Gasteiger charge is 2.33. The van der Waals surface area contributed by atoms with Crippen molar-refractivity contribution in [1.82, 2.24) is 25.1 Å². The molecule has 0 radical (unpaired) electrons. The average molecular weight is 544 g/mol. The molecule has 2 fully saturated rings. The van der Waals surface area contributed by atoms with Gasteiger partial charge in [-0.25, -0.2) is 4.98 Å². The number of hydrogen-bond donors (Lipinski definition) is 1. The number of anilines is 1. The zero-order chi connectivity index (χ0) is 28.1. The molecule has 2 aromatic carbocycles. The molecule has 4 aromatic rings. The van der Waals surface area contributed by atoms with Gasteiger partial charge in [0.25, 0.3) is 5.91 Å². The van der Waals surface area contributed by atoms with E-state index in [1.54, 1.807) is 11.2 Å². The van der Waals surface area contributed by atoms with Crippen molar-refractivity contribution in [3.05, 3.63) is 82.8 Å². The zero-order valence-corrected chi connectivity index (χ0v) is 23.5. The van der Waals surface area contributed by atoms with Crippen molar-refractivity contribution >= 4 is 11.7 Å². The Balaban J connectivity index is 1.22. The first-order valence-corrected chi connectivity index (χ1v) is 14.6. The van der Waals surface area contributed by atoms with Gasteiger partial charge < -0.3 is 9.88 Å². The van der Waals surface area contributed by atoms with Gasteiger partial charge in [0.2, 0.25) is 0 Å². The number of carbonyl (C=O) groups is 1. The molecule has 0 bridgehead atoms. The van der Waals surface area contributed by atoms with E-state index >= 15 is 0 Å². The Morgan fingerprint density at radius 2 is 1.90 bits per heavy atom. The van der Waals surface area contributed by atoms with Gasteiger partial charge >= 0.3 is 0 Å². The second-order valence-corrected chi connectivity index (χ2v) is 11.8. The Labute approximate surface area is 240 Å². The lowest BCUT2D eigenvalue weighted by molar-refractivity contribution is 0.0996. The third-order valence-electron chi connectivity index (χ3n) is 8.98. The molecule has 1 amide bonds. The van der Waals surface area contributed by atoms with E-state index < -0.39 is 0 Å². The number of pyridine rings is 1. The van der Waals surface area contributed by atoms with Crippen LogP contribution in [0.2, 0.25) is 0 Å². The quantitative estimate of drug-likeness (QED) is 0.305. The highest BCUT2D eigenvalue weighted by Crippen LogP contribution is 2.43. The Hall–Kier alpha value is -4.35. The fourth-order valence-corrected chi connectivity index (χ4v) is 6.02. The van der Waals surface area contributed by atoms with Gasteiger partial charge in [-0.3, -0.25) is 9.69 Å². The highest BCUT2D eigenvalue weighted by molar-refractivity contribution is 6.10. The summed E-state index contributed by atoms with van der Waals surface area (Å²) in [5, 5.41) is 21.6. The van der Waals surface area contributed by atoms with E-state index in [-0.39, 0.29) is 5.91 Å². The van der Waals surface area contributed by atoms with Gasteiger partial charge in [-0.05, 0) is 91.1 Å². The van der Waals surface area contributed by atoms with E-state index in [4.69, 9.17) is 4.98 Å². The predicted molar refractivity (Wildman–Crippen MR) is 157 cm³/mol. The molecule has 206 valence electrons. The minimum absolute atomic E-state index is 0.00589. The number of fused-ring (bicyclic) bond motifs is 1. The fraction of sp³-hybridized carbons (Fsp3) is 0.364. The molecule has 2 aliphatic carbocycles. The summed E-state index contributed by atoms with van der Waals surface area (Å²) < 4.78 is 1.85. The SMILES string of the molecule is CC(NCc1ccc2c(c1)C(=O)N(c1cc(-c3ccc(C#N)cc3-c3nncn3C)cc(C3CC3)n1)C2)C1CCC1. The van der Waals surface area contributed by atoms with Crippen molar-refractivity contribution in [2.75, 3.05) is 4.90 Å². The summed E-state index contributed by atoms with van der Waals surface area (Å²) in [5.41, 5.74) is 7.21. The Morgan fingerprint density at radius 1 is 1.05 bits per heavy atom. The maximum atomic E-state index is 13.8. The summed E-state index contributed by atoms with van der Waals surface area (Å²) in [6.45, 7) is 3.54.